The fraction of sp³-hybridized carbons (Fsp3) is 0.600. The Balaban J connectivity index is 3.22. The molecule has 0 fully saturated rings. The number of nitrogens with zero attached hydrogens (tertiary/aromatic N) is 2. The van der Waals surface area contributed by atoms with Gasteiger partial charge in [0.05, 0.1) is 13.5 Å². The molecule has 0 saturated carbocycles. The van der Waals surface area contributed by atoms with E-state index in [1.54, 1.807) is 0 Å². The molecule has 5 nitrogen and oxygen atoms in total. The number of nitrogen functional groups attached to an aromatic ring is 1. The standard InChI is InChI=1S/C10H14F3N3O2/c1-3-4-16-8(14)6(5-10(11,12)13)7(15-16)9(17)18-2/h3-5,14H2,1-2H3. The topological polar surface area (TPSA) is 70.1 Å². The third kappa shape index (κ3) is 3.14. The van der Waals surface area contributed by atoms with Gasteiger partial charge in [-0.2, -0.15) is 18.3 Å². The average Bonchev–Trinajstić information content (AvgIpc) is 2.55. The van der Waals surface area contributed by atoms with Crippen molar-refractivity contribution in [2.24, 2.45) is 0 Å². The lowest BCUT2D eigenvalue weighted by Crippen LogP contribution is -2.16. The van der Waals surface area contributed by atoms with Crippen molar-refractivity contribution in [3.8, 4) is 0 Å². The maximum absolute atomic E-state index is 12.4. The molecule has 0 spiro atoms. The zero-order chi connectivity index (χ0) is 13.9. The van der Waals surface area contributed by atoms with Crippen molar-refractivity contribution in [1.29, 1.82) is 0 Å². The number of alkyl halides is 3. The second-order valence-electron chi connectivity index (χ2n) is 3.72. The number of hydrogen-bond acceptors (Lipinski definition) is 4. The average molecular weight is 265 g/mol. The van der Waals surface area contributed by atoms with Crippen LogP contribution in [0.4, 0.5) is 19.0 Å². The molecule has 1 aromatic rings. The maximum atomic E-state index is 12.4. The number of nitrogens with two attached hydrogens (primary N) is 1. The number of methoxy groups -OCH3 is 1. The van der Waals surface area contributed by atoms with Gasteiger partial charge in [0.25, 0.3) is 0 Å². The molecule has 0 atom stereocenters. The Morgan fingerprint density at radius 3 is 2.56 bits per heavy atom. The Labute approximate surface area is 102 Å². The van der Waals surface area contributed by atoms with Crippen molar-refractivity contribution >= 4 is 11.8 Å². The molecule has 102 valence electrons. The van der Waals surface area contributed by atoms with E-state index in [4.69, 9.17) is 5.73 Å². The van der Waals surface area contributed by atoms with E-state index in [1.807, 2.05) is 6.92 Å². The van der Waals surface area contributed by atoms with Crippen LogP contribution in [0.5, 0.6) is 0 Å². The molecule has 8 heteroatoms. The molecule has 0 amide bonds. The van der Waals surface area contributed by atoms with Crippen molar-refractivity contribution < 1.29 is 22.7 Å². The van der Waals surface area contributed by atoms with Gasteiger partial charge in [-0.3, -0.25) is 0 Å². The lowest BCUT2D eigenvalue weighted by atomic mass is 10.1. The molecule has 2 N–H and O–H groups in total. The van der Waals surface area contributed by atoms with Crippen LogP contribution in [0.3, 0.4) is 0 Å². The third-order valence-corrected chi connectivity index (χ3v) is 2.29. The number of halogens is 3. The van der Waals surface area contributed by atoms with Crippen LogP contribution >= 0.6 is 0 Å². The number of aryl methyl sites for hydroxylation is 1. The minimum atomic E-state index is -4.46. The monoisotopic (exact) mass is 265 g/mol. The van der Waals surface area contributed by atoms with Crippen LogP contribution in [-0.4, -0.2) is 29.0 Å². The number of aromatic nitrogens is 2. The molecule has 0 radical (unpaired) electrons. The van der Waals surface area contributed by atoms with E-state index in [2.05, 4.69) is 9.84 Å². The van der Waals surface area contributed by atoms with Gasteiger partial charge in [0.1, 0.15) is 5.82 Å². The summed E-state index contributed by atoms with van der Waals surface area (Å²) < 4.78 is 42.8. The number of ether oxygens (including phenoxy) is 1. The zero-order valence-corrected chi connectivity index (χ0v) is 10.0. The summed E-state index contributed by atoms with van der Waals surface area (Å²) >= 11 is 0. The van der Waals surface area contributed by atoms with Crippen LogP contribution in [0, 0.1) is 0 Å². The Hall–Kier alpha value is -1.73. The summed E-state index contributed by atoms with van der Waals surface area (Å²) in [5, 5.41) is 3.77. The highest BCUT2D eigenvalue weighted by molar-refractivity contribution is 5.90. The predicted molar refractivity (Wildman–Crippen MR) is 58.0 cm³/mol. The molecule has 1 heterocycles. The van der Waals surface area contributed by atoms with Gasteiger partial charge >= 0.3 is 12.1 Å². The van der Waals surface area contributed by atoms with Crippen LogP contribution in [0.25, 0.3) is 0 Å². The van der Waals surface area contributed by atoms with Gasteiger partial charge in [-0.25, -0.2) is 9.48 Å². The summed E-state index contributed by atoms with van der Waals surface area (Å²) in [6.45, 7) is 2.16. The number of carbonyl (C=O) groups is 1. The van der Waals surface area contributed by atoms with Crippen molar-refractivity contribution in [3.05, 3.63) is 11.3 Å². The SMILES string of the molecule is CCCn1nc(C(=O)OC)c(CC(F)(F)F)c1N. The Morgan fingerprint density at radius 2 is 2.11 bits per heavy atom. The van der Waals surface area contributed by atoms with E-state index in [9.17, 15) is 18.0 Å². The fourth-order valence-corrected chi connectivity index (χ4v) is 1.53. The second-order valence-corrected chi connectivity index (χ2v) is 3.72. The first-order valence-electron chi connectivity index (χ1n) is 5.30. The summed E-state index contributed by atoms with van der Waals surface area (Å²) in [5.74, 6) is -1.06. The van der Waals surface area contributed by atoms with E-state index in [0.717, 1.165) is 7.11 Å². The quantitative estimate of drug-likeness (QED) is 0.842. The summed E-state index contributed by atoms with van der Waals surface area (Å²) in [6.07, 6.45) is -5.12. The van der Waals surface area contributed by atoms with Gasteiger partial charge in [-0.1, -0.05) is 6.92 Å². The van der Waals surface area contributed by atoms with E-state index in [0.29, 0.717) is 13.0 Å². The molecule has 0 bridgehead atoms. The zero-order valence-electron chi connectivity index (χ0n) is 10.0. The van der Waals surface area contributed by atoms with Gasteiger partial charge in [-0.05, 0) is 6.42 Å². The Kier molecular flexibility index (Phi) is 4.20. The van der Waals surface area contributed by atoms with E-state index < -0.39 is 18.6 Å². The molecule has 0 unspecified atom stereocenters. The molecule has 0 aliphatic rings. The molecule has 0 aromatic carbocycles. The van der Waals surface area contributed by atoms with Gasteiger partial charge in [0, 0.05) is 12.1 Å². The minimum Gasteiger partial charge on any atom is -0.464 e. The number of carbonyl (C=O) groups excluding carboxylic acids is 1. The van der Waals surface area contributed by atoms with Gasteiger partial charge in [-0.15, -0.1) is 0 Å². The first kappa shape index (κ1) is 14.3. The first-order chi connectivity index (χ1) is 8.30. The normalized spacial score (nSPS) is 11.6. The first-order valence-corrected chi connectivity index (χ1v) is 5.30. The maximum Gasteiger partial charge on any atom is 0.393 e. The largest absolute Gasteiger partial charge is 0.464 e. The lowest BCUT2D eigenvalue weighted by molar-refractivity contribution is -0.127. The molecule has 0 saturated heterocycles. The van der Waals surface area contributed by atoms with Crippen LogP contribution in [0.2, 0.25) is 0 Å². The lowest BCUT2D eigenvalue weighted by Gasteiger charge is -2.07. The summed E-state index contributed by atoms with van der Waals surface area (Å²) in [7, 11) is 1.08. The third-order valence-electron chi connectivity index (χ3n) is 2.29. The molecular formula is C10H14F3N3O2. The highest BCUT2D eigenvalue weighted by Gasteiger charge is 2.34. The predicted octanol–water partition coefficient (Wildman–Crippen LogP) is 1.77. The van der Waals surface area contributed by atoms with Gasteiger partial charge in [0.15, 0.2) is 5.69 Å². The Morgan fingerprint density at radius 1 is 1.50 bits per heavy atom. The smallest absolute Gasteiger partial charge is 0.393 e. The van der Waals surface area contributed by atoms with Crippen LogP contribution in [0.15, 0.2) is 0 Å². The van der Waals surface area contributed by atoms with Crippen LogP contribution < -0.4 is 5.73 Å². The van der Waals surface area contributed by atoms with E-state index in [-0.39, 0.29) is 17.1 Å². The van der Waals surface area contributed by atoms with Crippen LogP contribution in [-0.2, 0) is 17.7 Å². The molecule has 1 rings (SSSR count). The summed E-state index contributed by atoms with van der Waals surface area (Å²) in [6, 6.07) is 0. The highest BCUT2D eigenvalue weighted by atomic mass is 19.4. The molecule has 18 heavy (non-hydrogen) atoms. The molecule has 0 aliphatic heterocycles. The summed E-state index contributed by atoms with van der Waals surface area (Å²) in [5.41, 5.74) is 4.88. The summed E-state index contributed by atoms with van der Waals surface area (Å²) in [4.78, 5) is 11.4. The number of rotatable bonds is 4. The molecule has 0 aliphatic carbocycles. The number of esters is 1. The highest BCUT2D eigenvalue weighted by Crippen LogP contribution is 2.27. The van der Waals surface area contributed by atoms with Crippen molar-refractivity contribution in [2.45, 2.75) is 32.5 Å². The van der Waals surface area contributed by atoms with E-state index in [1.165, 1.54) is 4.68 Å². The van der Waals surface area contributed by atoms with Crippen LogP contribution in [0.1, 0.15) is 29.4 Å². The van der Waals surface area contributed by atoms with Gasteiger partial charge < -0.3 is 10.5 Å². The van der Waals surface area contributed by atoms with Crippen molar-refractivity contribution in [1.82, 2.24) is 9.78 Å². The van der Waals surface area contributed by atoms with Crippen molar-refractivity contribution in [3.63, 3.8) is 0 Å². The van der Waals surface area contributed by atoms with Crippen molar-refractivity contribution in [2.75, 3.05) is 12.8 Å². The van der Waals surface area contributed by atoms with Gasteiger partial charge in [0.2, 0.25) is 0 Å². The fourth-order valence-electron chi connectivity index (χ4n) is 1.53. The molecular weight excluding hydrogens is 251 g/mol. The second kappa shape index (κ2) is 5.28. The number of anilines is 1. The number of hydrogen-bond donors (Lipinski definition) is 1. The Bertz CT molecular complexity index is 440. The minimum absolute atomic E-state index is 0.144. The molecule has 1 aromatic heterocycles. The van der Waals surface area contributed by atoms with E-state index >= 15 is 0 Å².